The normalized spacial score (nSPS) is 10.8. The van der Waals surface area contributed by atoms with E-state index in [2.05, 4.69) is 5.10 Å². The van der Waals surface area contributed by atoms with Crippen LogP contribution in [0.4, 0.5) is 5.69 Å². The lowest BCUT2D eigenvalue weighted by atomic mass is 10.1. The Hall–Kier alpha value is -2.82. The molecular weight excluding hydrogens is 266 g/mol. The van der Waals surface area contributed by atoms with Gasteiger partial charge in [-0.05, 0) is 42.8 Å². The van der Waals surface area contributed by atoms with Gasteiger partial charge >= 0.3 is 5.97 Å². The molecule has 0 aliphatic heterocycles. The molecule has 3 rings (SSSR count). The third-order valence-electron chi connectivity index (χ3n) is 3.38. The van der Waals surface area contributed by atoms with Crippen LogP contribution in [0.5, 0.6) is 0 Å². The molecule has 0 atom stereocenters. The number of hydrogen-bond acceptors (Lipinski definition) is 4. The maximum Gasteiger partial charge on any atom is 0.337 e. The molecule has 0 aliphatic rings. The van der Waals surface area contributed by atoms with E-state index in [4.69, 9.17) is 10.5 Å². The van der Waals surface area contributed by atoms with Crippen LogP contribution >= 0.6 is 0 Å². The summed E-state index contributed by atoms with van der Waals surface area (Å²) in [6, 6.07) is 11.1. The number of aromatic nitrogens is 2. The number of rotatable bonds is 2. The number of nitrogens with zero attached hydrogens (tertiary/aromatic N) is 2. The molecule has 0 spiro atoms. The molecule has 0 unspecified atom stereocenters. The third kappa shape index (κ3) is 2.23. The van der Waals surface area contributed by atoms with Gasteiger partial charge in [-0.15, -0.1) is 0 Å². The zero-order valence-electron chi connectivity index (χ0n) is 11.8. The largest absolute Gasteiger partial charge is 0.465 e. The minimum atomic E-state index is -0.371. The molecule has 5 heteroatoms. The summed E-state index contributed by atoms with van der Waals surface area (Å²) in [6.45, 7) is 1.98. The number of fused-ring (bicyclic) bond motifs is 1. The summed E-state index contributed by atoms with van der Waals surface area (Å²) in [5.41, 5.74) is 9.96. The van der Waals surface area contributed by atoms with Crippen LogP contribution in [0.3, 0.4) is 0 Å². The van der Waals surface area contributed by atoms with Crippen molar-refractivity contribution in [1.82, 2.24) is 9.78 Å². The second-order valence-electron chi connectivity index (χ2n) is 4.89. The monoisotopic (exact) mass is 281 g/mol. The van der Waals surface area contributed by atoms with Gasteiger partial charge in [0.25, 0.3) is 0 Å². The van der Waals surface area contributed by atoms with Gasteiger partial charge in [-0.1, -0.05) is 6.07 Å². The summed E-state index contributed by atoms with van der Waals surface area (Å²) in [5, 5.41) is 5.27. The van der Waals surface area contributed by atoms with Crippen molar-refractivity contribution in [3.05, 3.63) is 53.7 Å². The Kier molecular flexibility index (Phi) is 3.10. The van der Waals surface area contributed by atoms with E-state index in [1.165, 1.54) is 7.11 Å². The van der Waals surface area contributed by atoms with Gasteiger partial charge in [0.05, 0.1) is 30.1 Å². The van der Waals surface area contributed by atoms with Crippen LogP contribution in [0, 0.1) is 6.92 Å². The number of hydrogen-bond donors (Lipinski definition) is 1. The standard InChI is InChI=1S/C16H15N3O2/c1-10-6-14(17)13-9-18-19(15(13)7-10)12-5-3-4-11(8-12)16(20)21-2/h3-9H,17H2,1-2H3. The predicted octanol–water partition coefficient (Wildman–Crippen LogP) is 2.70. The fraction of sp³-hybridized carbons (Fsp3) is 0.125. The number of nitrogen functional groups attached to an aromatic ring is 1. The number of aryl methyl sites for hydroxylation is 1. The molecule has 0 saturated heterocycles. The number of carbonyl (C=O) groups is 1. The van der Waals surface area contributed by atoms with E-state index in [-0.39, 0.29) is 5.97 Å². The number of benzene rings is 2. The summed E-state index contributed by atoms with van der Waals surface area (Å²) in [6.07, 6.45) is 1.73. The molecule has 0 amide bonds. The van der Waals surface area contributed by atoms with Gasteiger partial charge in [0.1, 0.15) is 0 Å². The first-order chi connectivity index (χ1) is 10.1. The van der Waals surface area contributed by atoms with Crippen molar-refractivity contribution in [2.45, 2.75) is 6.92 Å². The van der Waals surface area contributed by atoms with E-state index < -0.39 is 0 Å². The maximum absolute atomic E-state index is 11.6. The van der Waals surface area contributed by atoms with Crippen molar-refractivity contribution in [3.63, 3.8) is 0 Å². The van der Waals surface area contributed by atoms with Crippen LogP contribution in [-0.4, -0.2) is 22.9 Å². The Bertz CT molecular complexity index is 837. The van der Waals surface area contributed by atoms with Crippen LogP contribution < -0.4 is 5.73 Å². The fourth-order valence-electron chi connectivity index (χ4n) is 2.39. The maximum atomic E-state index is 11.6. The molecule has 3 aromatic rings. The molecule has 0 saturated carbocycles. The Morgan fingerprint density at radius 2 is 2.10 bits per heavy atom. The van der Waals surface area contributed by atoms with Crippen molar-refractivity contribution >= 4 is 22.6 Å². The molecule has 106 valence electrons. The summed E-state index contributed by atoms with van der Waals surface area (Å²) < 4.78 is 6.51. The molecule has 0 bridgehead atoms. The van der Waals surface area contributed by atoms with Crippen molar-refractivity contribution < 1.29 is 9.53 Å². The molecule has 0 fully saturated rings. The van der Waals surface area contributed by atoms with Crippen molar-refractivity contribution in [1.29, 1.82) is 0 Å². The van der Waals surface area contributed by atoms with Gasteiger partial charge in [-0.25, -0.2) is 9.48 Å². The number of nitrogens with two attached hydrogens (primary N) is 1. The average Bonchev–Trinajstić information content (AvgIpc) is 2.90. The number of methoxy groups -OCH3 is 1. The first-order valence-electron chi connectivity index (χ1n) is 6.53. The van der Waals surface area contributed by atoms with Crippen molar-refractivity contribution in [2.75, 3.05) is 12.8 Å². The number of anilines is 1. The van der Waals surface area contributed by atoms with E-state index >= 15 is 0 Å². The molecule has 2 N–H and O–H groups in total. The minimum absolute atomic E-state index is 0.371. The highest BCUT2D eigenvalue weighted by Gasteiger charge is 2.11. The van der Waals surface area contributed by atoms with Crippen LogP contribution in [-0.2, 0) is 4.74 Å². The van der Waals surface area contributed by atoms with Crippen LogP contribution in [0.2, 0.25) is 0 Å². The van der Waals surface area contributed by atoms with E-state index in [1.807, 2.05) is 25.1 Å². The second-order valence-corrected chi connectivity index (χ2v) is 4.89. The van der Waals surface area contributed by atoms with Gasteiger partial charge in [0, 0.05) is 11.1 Å². The van der Waals surface area contributed by atoms with E-state index in [9.17, 15) is 4.79 Å². The van der Waals surface area contributed by atoms with Crippen LogP contribution in [0.15, 0.2) is 42.6 Å². The molecular formula is C16H15N3O2. The molecule has 1 heterocycles. The zero-order valence-corrected chi connectivity index (χ0v) is 11.8. The molecule has 21 heavy (non-hydrogen) atoms. The SMILES string of the molecule is COC(=O)c1cccc(-n2ncc3c(N)cc(C)cc32)c1. The Morgan fingerprint density at radius 1 is 1.29 bits per heavy atom. The highest BCUT2D eigenvalue weighted by Crippen LogP contribution is 2.25. The van der Waals surface area contributed by atoms with Gasteiger partial charge in [-0.3, -0.25) is 0 Å². The lowest BCUT2D eigenvalue weighted by molar-refractivity contribution is 0.0600. The molecule has 5 nitrogen and oxygen atoms in total. The van der Waals surface area contributed by atoms with E-state index in [0.717, 1.165) is 22.2 Å². The summed E-state index contributed by atoms with van der Waals surface area (Å²) >= 11 is 0. The Balaban J connectivity index is 2.19. The smallest absolute Gasteiger partial charge is 0.337 e. The first-order valence-corrected chi connectivity index (χ1v) is 6.53. The van der Waals surface area contributed by atoms with Crippen LogP contribution in [0.1, 0.15) is 15.9 Å². The summed E-state index contributed by atoms with van der Waals surface area (Å²) in [4.78, 5) is 11.6. The lowest BCUT2D eigenvalue weighted by Gasteiger charge is -2.07. The highest BCUT2D eigenvalue weighted by molar-refractivity contribution is 5.93. The minimum Gasteiger partial charge on any atom is -0.465 e. The molecule has 0 aliphatic carbocycles. The van der Waals surface area contributed by atoms with Gasteiger partial charge in [0.15, 0.2) is 0 Å². The van der Waals surface area contributed by atoms with E-state index in [0.29, 0.717) is 11.3 Å². The summed E-state index contributed by atoms with van der Waals surface area (Å²) in [7, 11) is 1.36. The number of carbonyl (C=O) groups excluding carboxylic acids is 1. The Morgan fingerprint density at radius 3 is 2.86 bits per heavy atom. The van der Waals surface area contributed by atoms with Crippen LogP contribution in [0.25, 0.3) is 16.6 Å². The molecule has 1 aromatic heterocycles. The average molecular weight is 281 g/mol. The third-order valence-corrected chi connectivity index (χ3v) is 3.38. The number of esters is 1. The van der Waals surface area contributed by atoms with Crippen molar-refractivity contribution in [2.24, 2.45) is 0 Å². The van der Waals surface area contributed by atoms with Gasteiger partial charge in [0.2, 0.25) is 0 Å². The van der Waals surface area contributed by atoms with Gasteiger partial charge in [-0.2, -0.15) is 5.10 Å². The van der Waals surface area contributed by atoms with Crippen molar-refractivity contribution in [3.8, 4) is 5.69 Å². The zero-order chi connectivity index (χ0) is 15.0. The number of ether oxygens (including phenoxy) is 1. The highest BCUT2D eigenvalue weighted by atomic mass is 16.5. The van der Waals surface area contributed by atoms with Gasteiger partial charge < -0.3 is 10.5 Å². The summed E-state index contributed by atoms with van der Waals surface area (Å²) in [5.74, 6) is -0.371. The Labute approximate surface area is 121 Å². The quantitative estimate of drug-likeness (QED) is 0.579. The predicted molar refractivity (Wildman–Crippen MR) is 81.6 cm³/mol. The fourth-order valence-corrected chi connectivity index (χ4v) is 2.39. The topological polar surface area (TPSA) is 70.1 Å². The molecule has 2 aromatic carbocycles. The lowest BCUT2D eigenvalue weighted by Crippen LogP contribution is -2.03. The first kappa shape index (κ1) is 13.2. The second kappa shape index (κ2) is 4.94. The molecule has 0 radical (unpaired) electrons. The van der Waals surface area contributed by atoms with E-state index in [1.54, 1.807) is 29.1 Å².